The van der Waals surface area contributed by atoms with Crippen LogP contribution in [0, 0.1) is 0 Å². The van der Waals surface area contributed by atoms with Gasteiger partial charge in [0, 0.05) is 12.1 Å². The van der Waals surface area contributed by atoms with Gasteiger partial charge in [-0.25, -0.2) is 18.7 Å². The van der Waals surface area contributed by atoms with Crippen molar-refractivity contribution in [3.63, 3.8) is 0 Å². The summed E-state index contributed by atoms with van der Waals surface area (Å²) < 4.78 is 27.3. The molecule has 0 aromatic carbocycles. The molecule has 0 unspecified atom stereocenters. The van der Waals surface area contributed by atoms with E-state index in [2.05, 4.69) is 25.9 Å². The molecule has 2 aromatic heterocycles. The van der Waals surface area contributed by atoms with Crippen molar-refractivity contribution in [2.24, 2.45) is 0 Å². The molecule has 0 radical (unpaired) electrons. The first-order chi connectivity index (χ1) is 7.66. The van der Waals surface area contributed by atoms with Gasteiger partial charge in [-0.3, -0.25) is 4.40 Å². The predicted molar refractivity (Wildman–Crippen MR) is 57.6 cm³/mol. The van der Waals surface area contributed by atoms with Gasteiger partial charge in [0.05, 0.1) is 10.2 Å². The van der Waals surface area contributed by atoms with Gasteiger partial charge in [-0.2, -0.15) is 0 Å². The maximum atomic E-state index is 12.5. The minimum Gasteiger partial charge on any atom is -0.289 e. The fourth-order valence-electron chi connectivity index (χ4n) is 1.71. The summed E-state index contributed by atoms with van der Waals surface area (Å²) in [6.07, 6.45) is 2.55. The number of alkyl halides is 2. The average Bonchev–Trinajstić information content (AvgIpc) is 2.96. The number of imidazole rings is 1. The zero-order valence-electron chi connectivity index (χ0n) is 8.20. The Labute approximate surface area is 98.6 Å². The molecule has 1 saturated carbocycles. The minimum absolute atomic E-state index is 0.213. The highest BCUT2D eigenvalue weighted by atomic mass is 79.9. The smallest absolute Gasteiger partial charge is 0.281 e. The van der Waals surface area contributed by atoms with Crippen molar-refractivity contribution < 1.29 is 8.78 Å². The van der Waals surface area contributed by atoms with Gasteiger partial charge in [-0.05, 0) is 28.8 Å². The second-order valence-corrected chi connectivity index (χ2v) is 4.71. The molecule has 0 atom stereocenters. The van der Waals surface area contributed by atoms with Gasteiger partial charge in [0.15, 0.2) is 5.65 Å². The van der Waals surface area contributed by atoms with E-state index in [9.17, 15) is 8.78 Å². The van der Waals surface area contributed by atoms with E-state index in [1.54, 1.807) is 6.33 Å². The van der Waals surface area contributed by atoms with Crippen LogP contribution in [0.1, 0.15) is 36.6 Å². The largest absolute Gasteiger partial charge is 0.289 e. The van der Waals surface area contributed by atoms with Crippen LogP contribution >= 0.6 is 15.9 Å². The van der Waals surface area contributed by atoms with Crippen molar-refractivity contribution in [1.29, 1.82) is 0 Å². The van der Waals surface area contributed by atoms with E-state index in [1.807, 2.05) is 0 Å². The number of fused-ring (bicyclic) bond motifs is 1. The van der Waals surface area contributed by atoms with Crippen molar-refractivity contribution in [2.75, 3.05) is 0 Å². The molecule has 0 bridgehead atoms. The molecular weight excluding hydrogens is 280 g/mol. The molecule has 84 valence electrons. The van der Waals surface area contributed by atoms with Crippen LogP contribution in [-0.4, -0.2) is 14.4 Å². The van der Waals surface area contributed by atoms with Crippen molar-refractivity contribution in [1.82, 2.24) is 14.4 Å². The Kier molecular flexibility index (Phi) is 2.20. The molecule has 3 rings (SSSR count). The summed E-state index contributed by atoms with van der Waals surface area (Å²) in [6, 6.07) is 0. The third-order valence-electron chi connectivity index (χ3n) is 2.68. The van der Waals surface area contributed by atoms with E-state index in [0.717, 1.165) is 23.0 Å². The van der Waals surface area contributed by atoms with E-state index in [1.165, 1.54) is 10.6 Å². The highest BCUT2D eigenvalue weighted by Gasteiger charge is 2.28. The Balaban J connectivity index is 2.18. The topological polar surface area (TPSA) is 30.2 Å². The number of hydrogen-bond donors (Lipinski definition) is 0. The van der Waals surface area contributed by atoms with Gasteiger partial charge in [0.1, 0.15) is 12.0 Å². The van der Waals surface area contributed by atoms with Gasteiger partial charge in [-0.1, -0.05) is 0 Å². The van der Waals surface area contributed by atoms with Crippen LogP contribution in [0.3, 0.4) is 0 Å². The molecule has 6 heteroatoms. The molecule has 0 amide bonds. The molecule has 2 heterocycles. The van der Waals surface area contributed by atoms with E-state index in [0.29, 0.717) is 11.6 Å². The lowest BCUT2D eigenvalue weighted by Gasteiger charge is -2.02. The van der Waals surface area contributed by atoms with Gasteiger partial charge in [0.25, 0.3) is 6.43 Å². The van der Waals surface area contributed by atoms with E-state index >= 15 is 0 Å². The lowest BCUT2D eigenvalue weighted by atomic mass is 10.3. The number of hydrogen-bond acceptors (Lipinski definition) is 2. The molecular formula is C10H8BrF2N3. The summed E-state index contributed by atoms with van der Waals surface area (Å²) in [6.45, 7) is 0. The number of aromatic nitrogens is 3. The number of rotatable bonds is 2. The summed E-state index contributed by atoms with van der Waals surface area (Å²) in [7, 11) is 0. The molecule has 1 aliphatic rings. The van der Waals surface area contributed by atoms with Gasteiger partial charge >= 0.3 is 0 Å². The van der Waals surface area contributed by atoms with Crippen LogP contribution in [0.5, 0.6) is 0 Å². The highest BCUT2D eigenvalue weighted by Crippen LogP contribution is 2.42. The first-order valence-corrected chi connectivity index (χ1v) is 5.77. The first-order valence-electron chi connectivity index (χ1n) is 4.98. The maximum Gasteiger partial charge on any atom is 0.281 e. The predicted octanol–water partition coefficient (Wildman–Crippen LogP) is 3.31. The van der Waals surface area contributed by atoms with Crippen molar-refractivity contribution >= 4 is 21.6 Å². The van der Waals surface area contributed by atoms with E-state index in [-0.39, 0.29) is 5.69 Å². The molecule has 0 N–H and O–H groups in total. The maximum absolute atomic E-state index is 12.5. The quantitative estimate of drug-likeness (QED) is 0.848. The highest BCUT2D eigenvalue weighted by molar-refractivity contribution is 9.10. The molecule has 3 nitrogen and oxygen atoms in total. The van der Waals surface area contributed by atoms with Gasteiger partial charge in [-0.15, -0.1) is 0 Å². The zero-order chi connectivity index (χ0) is 11.3. The van der Waals surface area contributed by atoms with Gasteiger partial charge < -0.3 is 0 Å². The Hall–Kier alpha value is -1.04. The van der Waals surface area contributed by atoms with Crippen LogP contribution in [0.25, 0.3) is 5.65 Å². The van der Waals surface area contributed by atoms with Crippen molar-refractivity contribution in [3.8, 4) is 0 Å². The summed E-state index contributed by atoms with van der Waals surface area (Å²) in [5, 5.41) is 0. The van der Waals surface area contributed by atoms with Crippen LogP contribution < -0.4 is 0 Å². The third-order valence-corrected chi connectivity index (χ3v) is 3.44. The van der Waals surface area contributed by atoms with Crippen molar-refractivity contribution in [3.05, 3.63) is 28.4 Å². The van der Waals surface area contributed by atoms with Crippen LogP contribution in [0.2, 0.25) is 0 Å². The normalized spacial score (nSPS) is 16.2. The van der Waals surface area contributed by atoms with Crippen LogP contribution in [-0.2, 0) is 0 Å². The average molecular weight is 288 g/mol. The number of halogens is 3. The Morgan fingerprint density at radius 1 is 1.44 bits per heavy atom. The lowest BCUT2D eigenvalue weighted by molar-refractivity contribution is 0.147. The fourth-order valence-corrected chi connectivity index (χ4v) is 2.42. The Morgan fingerprint density at radius 2 is 2.19 bits per heavy atom. The second kappa shape index (κ2) is 3.48. The van der Waals surface area contributed by atoms with E-state index in [4.69, 9.17) is 0 Å². The standard InChI is InChI=1S/C10H8BrF2N3/c11-7-8(5-1-2-5)14-4-16-3-6(9(12)13)15-10(7)16/h3-5,9H,1-2H2. The second-order valence-electron chi connectivity index (χ2n) is 3.92. The fraction of sp³-hybridized carbons (Fsp3) is 0.400. The van der Waals surface area contributed by atoms with Gasteiger partial charge in [0.2, 0.25) is 0 Å². The molecule has 0 spiro atoms. The van der Waals surface area contributed by atoms with Crippen LogP contribution in [0.15, 0.2) is 17.0 Å². The summed E-state index contributed by atoms with van der Waals surface area (Å²) >= 11 is 3.39. The lowest BCUT2D eigenvalue weighted by Crippen LogP contribution is -1.94. The van der Waals surface area contributed by atoms with Crippen molar-refractivity contribution in [2.45, 2.75) is 25.2 Å². The summed E-state index contributed by atoms with van der Waals surface area (Å²) in [5.74, 6) is 0.464. The van der Waals surface area contributed by atoms with Crippen LogP contribution in [0.4, 0.5) is 8.78 Å². The molecule has 2 aromatic rings. The zero-order valence-corrected chi connectivity index (χ0v) is 9.79. The molecule has 1 aliphatic carbocycles. The van der Waals surface area contributed by atoms with E-state index < -0.39 is 6.43 Å². The Bertz CT molecular complexity index is 548. The molecule has 1 fully saturated rings. The molecule has 0 saturated heterocycles. The summed E-state index contributed by atoms with van der Waals surface area (Å²) in [4.78, 5) is 8.18. The first kappa shape index (κ1) is 10.1. The molecule has 0 aliphatic heterocycles. The Morgan fingerprint density at radius 3 is 2.81 bits per heavy atom. The summed E-state index contributed by atoms with van der Waals surface area (Å²) in [5.41, 5.74) is 1.24. The third kappa shape index (κ3) is 1.52. The number of nitrogens with zero attached hydrogens (tertiary/aromatic N) is 3. The monoisotopic (exact) mass is 287 g/mol. The SMILES string of the molecule is FC(F)c1cn2cnc(C3CC3)c(Br)c2n1. The molecule has 16 heavy (non-hydrogen) atoms. The minimum atomic E-state index is -2.55.